The SMILES string of the molecule is CC(=O)c1cn(CC(=O)N2C3C[C@@H]3C[C@H]2C(=O)Nc2cccc(Br)n2)c2ccc(-c3cnc(C=O)nc3)cc12. The van der Waals surface area contributed by atoms with Crippen LogP contribution in [0.1, 0.15) is 40.7 Å². The number of aromatic nitrogens is 4. The number of hydrogen-bond acceptors (Lipinski definition) is 7. The molecule has 0 radical (unpaired) electrons. The standard InChI is InChI=1S/C28H23BrN6O4/c1-15(37)20-12-34(21-6-5-16(7-19(20)21)18-10-30-26(14-36)31-11-18)13-27(38)35-22-8-17(22)9-23(35)28(39)33-25-4-2-3-24(29)32-25/h2-7,10-12,14,17,22-23H,8-9,13H2,1H3,(H,32,33,39)/t17-,22?,23+/m1/s1. The molecule has 2 aliphatic rings. The van der Waals surface area contributed by atoms with E-state index in [-0.39, 0.29) is 36.0 Å². The third-order valence-corrected chi connectivity index (χ3v) is 7.78. The summed E-state index contributed by atoms with van der Waals surface area (Å²) in [5.41, 5.74) is 2.70. The van der Waals surface area contributed by atoms with Crippen LogP contribution in [0.25, 0.3) is 22.0 Å². The van der Waals surface area contributed by atoms with Gasteiger partial charge in [0.2, 0.25) is 11.8 Å². The van der Waals surface area contributed by atoms with Crippen LogP contribution in [0, 0.1) is 5.92 Å². The van der Waals surface area contributed by atoms with Crippen LogP contribution in [0.2, 0.25) is 0 Å². The van der Waals surface area contributed by atoms with Crippen molar-refractivity contribution < 1.29 is 19.2 Å². The average molecular weight is 587 g/mol. The second kappa shape index (κ2) is 9.81. The number of rotatable bonds is 7. The molecule has 2 fully saturated rings. The summed E-state index contributed by atoms with van der Waals surface area (Å²) in [4.78, 5) is 64.2. The number of halogens is 1. The van der Waals surface area contributed by atoms with Crippen molar-refractivity contribution in [3.63, 3.8) is 0 Å². The van der Waals surface area contributed by atoms with Crippen LogP contribution >= 0.6 is 15.9 Å². The Morgan fingerprint density at radius 3 is 2.62 bits per heavy atom. The minimum atomic E-state index is -0.572. The van der Waals surface area contributed by atoms with Crippen LogP contribution in [0.3, 0.4) is 0 Å². The lowest BCUT2D eigenvalue weighted by Gasteiger charge is -2.27. The Kier molecular flexibility index (Phi) is 6.30. The normalized spacial score (nSPS) is 19.5. The zero-order valence-corrected chi connectivity index (χ0v) is 22.5. The summed E-state index contributed by atoms with van der Waals surface area (Å²) in [6.45, 7) is 1.49. The first-order valence-electron chi connectivity index (χ1n) is 12.5. The number of ketones is 1. The van der Waals surface area contributed by atoms with E-state index < -0.39 is 6.04 Å². The Morgan fingerprint density at radius 1 is 1.10 bits per heavy atom. The topological polar surface area (TPSA) is 127 Å². The number of Topliss-reactive ketones (excluding diaryl/α,β-unsaturated/α-hetero) is 1. The van der Waals surface area contributed by atoms with Gasteiger partial charge in [-0.15, -0.1) is 0 Å². The van der Waals surface area contributed by atoms with Crippen molar-refractivity contribution in [2.75, 3.05) is 5.32 Å². The van der Waals surface area contributed by atoms with Crippen LogP contribution in [0.5, 0.6) is 0 Å². The van der Waals surface area contributed by atoms with Crippen molar-refractivity contribution in [3.05, 3.63) is 71.0 Å². The fourth-order valence-electron chi connectivity index (χ4n) is 5.40. The molecule has 6 rings (SSSR count). The minimum Gasteiger partial charge on any atom is -0.337 e. The number of benzene rings is 1. The first kappa shape index (κ1) is 25.1. The largest absolute Gasteiger partial charge is 0.337 e. The highest BCUT2D eigenvalue weighted by molar-refractivity contribution is 9.10. The second-order valence-electron chi connectivity index (χ2n) is 9.86. The van der Waals surface area contributed by atoms with E-state index in [4.69, 9.17) is 0 Å². The Morgan fingerprint density at radius 2 is 1.90 bits per heavy atom. The van der Waals surface area contributed by atoms with Crippen molar-refractivity contribution in [2.24, 2.45) is 5.92 Å². The number of pyridine rings is 1. The molecule has 11 heteroatoms. The minimum absolute atomic E-state index is 0.00239. The predicted molar refractivity (Wildman–Crippen MR) is 146 cm³/mol. The third kappa shape index (κ3) is 4.74. The molecule has 4 aromatic rings. The summed E-state index contributed by atoms with van der Waals surface area (Å²) in [6.07, 6.45) is 6.90. The molecule has 3 atom stereocenters. The molecular weight excluding hydrogens is 564 g/mol. The van der Waals surface area contributed by atoms with E-state index in [9.17, 15) is 19.2 Å². The van der Waals surface area contributed by atoms with Gasteiger partial charge in [-0.05, 0) is 71.4 Å². The van der Waals surface area contributed by atoms with E-state index in [2.05, 4.69) is 36.2 Å². The van der Waals surface area contributed by atoms with E-state index in [1.54, 1.807) is 46.3 Å². The maximum Gasteiger partial charge on any atom is 0.248 e. The number of nitrogens with zero attached hydrogens (tertiary/aromatic N) is 5. The van der Waals surface area contributed by atoms with Gasteiger partial charge in [0.1, 0.15) is 23.0 Å². The van der Waals surface area contributed by atoms with Gasteiger partial charge in [-0.2, -0.15) is 0 Å². The zero-order chi connectivity index (χ0) is 27.3. The maximum atomic E-state index is 13.6. The fourth-order valence-corrected chi connectivity index (χ4v) is 5.74. The highest BCUT2D eigenvalue weighted by Gasteiger charge is 2.56. The van der Waals surface area contributed by atoms with Crippen molar-refractivity contribution in [1.82, 2.24) is 24.4 Å². The molecule has 1 unspecified atom stereocenters. The van der Waals surface area contributed by atoms with Gasteiger partial charge < -0.3 is 14.8 Å². The molecule has 0 bridgehead atoms. The van der Waals surface area contributed by atoms with Gasteiger partial charge >= 0.3 is 0 Å². The van der Waals surface area contributed by atoms with Crippen LogP contribution in [0.15, 0.2) is 59.6 Å². The second-order valence-corrected chi connectivity index (χ2v) is 10.7. The van der Waals surface area contributed by atoms with E-state index in [1.807, 2.05) is 18.2 Å². The number of hydrogen-bond donors (Lipinski definition) is 1. The molecule has 1 saturated heterocycles. The van der Waals surface area contributed by atoms with Gasteiger partial charge in [-0.25, -0.2) is 15.0 Å². The highest BCUT2D eigenvalue weighted by Crippen LogP contribution is 2.48. The Hall–Kier alpha value is -4.25. The molecule has 1 aliphatic heterocycles. The van der Waals surface area contributed by atoms with Crippen molar-refractivity contribution in [1.29, 1.82) is 0 Å². The smallest absolute Gasteiger partial charge is 0.248 e. The average Bonchev–Trinajstić information content (AvgIpc) is 3.43. The summed E-state index contributed by atoms with van der Waals surface area (Å²) in [5, 5.41) is 3.54. The number of piperidine rings is 1. The lowest BCUT2D eigenvalue weighted by molar-refractivity contribution is -0.138. The Labute approximate surface area is 231 Å². The molecule has 196 valence electrons. The fraction of sp³-hybridized carbons (Fsp3) is 0.250. The molecule has 1 N–H and O–H groups in total. The first-order valence-corrected chi connectivity index (χ1v) is 13.3. The number of anilines is 1. The van der Waals surface area contributed by atoms with Crippen LogP contribution in [-0.2, 0) is 16.1 Å². The highest BCUT2D eigenvalue weighted by atomic mass is 79.9. The molecule has 1 aromatic carbocycles. The van der Waals surface area contributed by atoms with Crippen molar-refractivity contribution in [2.45, 2.75) is 38.4 Å². The Balaban J connectivity index is 1.27. The Bertz CT molecular complexity index is 1650. The molecule has 2 amide bonds. The van der Waals surface area contributed by atoms with Crippen LogP contribution < -0.4 is 5.32 Å². The summed E-state index contributed by atoms with van der Waals surface area (Å²) >= 11 is 3.31. The summed E-state index contributed by atoms with van der Waals surface area (Å²) in [5.74, 6) is 0.287. The summed E-state index contributed by atoms with van der Waals surface area (Å²) in [6, 6.07) is 10.3. The number of amides is 2. The first-order chi connectivity index (χ1) is 18.8. The van der Waals surface area contributed by atoms with Gasteiger partial charge in [0.25, 0.3) is 0 Å². The van der Waals surface area contributed by atoms with E-state index >= 15 is 0 Å². The molecule has 3 aromatic heterocycles. The number of fused-ring (bicyclic) bond motifs is 2. The molecule has 39 heavy (non-hydrogen) atoms. The molecule has 0 spiro atoms. The van der Waals surface area contributed by atoms with Gasteiger partial charge in [-0.1, -0.05) is 12.1 Å². The van der Waals surface area contributed by atoms with E-state index in [0.29, 0.717) is 45.6 Å². The quantitative estimate of drug-likeness (QED) is 0.197. The molecule has 1 aliphatic carbocycles. The number of likely N-dealkylation sites (tertiary alicyclic amines) is 1. The van der Waals surface area contributed by atoms with Gasteiger partial charge in [0, 0.05) is 46.7 Å². The maximum absolute atomic E-state index is 13.6. The number of carbonyl (C=O) groups excluding carboxylic acids is 4. The third-order valence-electron chi connectivity index (χ3n) is 7.34. The lowest BCUT2D eigenvalue weighted by Crippen LogP contribution is -2.46. The van der Waals surface area contributed by atoms with Crippen molar-refractivity contribution in [3.8, 4) is 11.1 Å². The van der Waals surface area contributed by atoms with E-state index in [0.717, 1.165) is 17.5 Å². The van der Waals surface area contributed by atoms with Crippen LogP contribution in [-0.4, -0.2) is 60.4 Å². The monoisotopic (exact) mass is 586 g/mol. The number of carbonyl (C=O) groups is 4. The summed E-state index contributed by atoms with van der Waals surface area (Å²) < 4.78 is 2.38. The zero-order valence-electron chi connectivity index (χ0n) is 20.9. The molecule has 4 heterocycles. The predicted octanol–water partition coefficient (Wildman–Crippen LogP) is 3.90. The van der Waals surface area contributed by atoms with Crippen LogP contribution in [0.4, 0.5) is 5.82 Å². The number of nitrogens with one attached hydrogen (secondary N) is 1. The molecule has 10 nitrogen and oxygen atoms in total. The van der Waals surface area contributed by atoms with Gasteiger partial charge in [-0.3, -0.25) is 19.2 Å². The van der Waals surface area contributed by atoms with Gasteiger partial charge in [0.05, 0.1) is 0 Å². The number of aldehydes is 1. The van der Waals surface area contributed by atoms with Gasteiger partial charge in [0.15, 0.2) is 17.9 Å². The van der Waals surface area contributed by atoms with Crippen molar-refractivity contribution >= 4 is 56.5 Å². The lowest BCUT2D eigenvalue weighted by atomic mass is 10.0. The molecular formula is C28H23BrN6O4. The molecule has 1 saturated carbocycles. The van der Waals surface area contributed by atoms with E-state index in [1.165, 1.54) is 6.92 Å². The summed E-state index contributed by atoms with van der Waals surface area (Å²) in [7, 11) is 0.